The van der Waals surface area contributed by atoms with Crippen molar-refractivity contribution >= 4 is 11.8 Å². The number of hydrogen-bond donors (Lipinski definition) is 1. The molecule has 0 saturated heterocycles. The fourth-order valence-corrected chi connectivity index (χ4v) is 3.90. The van der Waals surface area contributed by atoms with Crippen LogP contribution in [0, 0.1) is 0 Å². The van der Waals surface area contributed by atoms with Crippen molar-refractivity contribution in [3.05, 3.63) is 59.7 Å². The van der Waals surface area contributed by atoms with Crippen molar-refractivity contribution in [2.75, 3.05) is 13.3 Å². The van der Waals surface area contributed by atoms with Crippen molar-refractivity contribution in [3.63, 3.8) is 0 Å². The van der Waals surface area contributed by atoms with Crippen molar-refractivity contribution in [2.45, 2.75) is 44.1 Å². The Morgan fingerprint density at radius 1 is 0.828 bits per heavy atom. The summed E-state index contributed by atoms with van der Waals surface area (Å²) in [4.78, 5) is 25.9. The molecule has 6 heteroatoms. The van der Waals surface area contributed by atoms with Gasteiger partial charge in [0.05, 0.1) is 16.7 Å². The van der Waals surface area contributed by atoms with Crippen molar-refractivity contribution < 1.29 is 24.2 Å². The van der Waals surface area contributed by atoms with E-state index in [0.717, 1.165) is 43.4 Å². The van der Waals surface area contributed by atoms with Crippen LogP contribution in [0.1, 0.15) is 59.2 Å². The van der Waals surface area contributed by atoms with E-state index >= 15 is 0 Å². The Morgan fingerprint density at radius 3 is 2.03 bits per heavy atom. The van der Waals surface area contributed by atoms with Crippen LogP contribution in [0.5, 0.6) is 11.5 Å². The van der Waals surface area contributed by atoms with Crippen molar-refractivity contribution in [2.24, 2.45) is 0 Å². The molecule has 1 saturated carbocycles. The Balaban J connectivity index is 1.36. The monoisotopic (exact) mass is 395 g/mol. The van der Waals surface area contributed by atoms with E-state index in [1.807, 2.05) is 0 Å². The highest BCUT2D eigenvalue weighted by molar-refractivity contribution is 6.21. The number of benzene rings is 2. The normalized spacial score (nSPS) is 18.3. The molecule has 2 aromatic carbocycles. The van der Waals surface area contributed by atoms with Gasteiger partial charge in [-0.3, -0.25) is 9.59 Å². The molecular formula is C23H25NO5. The first-order valence-electron chi connectivity index (χ1n) is 10.1. The molecule has 152 valence electrons. The maximum atomic E-state index is 12.4. The summed E-state index contributed by atoms with van der Waals surface area (Å²) in [5.74, 6) is 0.372. The van der Waals surface area contributed by atoms with E-state index in [1.54, 1.807) is 48.5 Å². The van der Waals surface area contributed by atoms with Crippen LogP contribution in [-0.4, -0.2) is 40.8 Å². The third-order valence-corrected chi connectivity index (χ3v) is 5.59. The number of amides is 2. The van der Waals surface area contributed by atoms with Gasteiger partial charge in [0, 0.05) is 6.07 Å². The number of ether oxygens (including phenoxy) is 2. The topological polar surface area (TPSA) is 76.1 Å². The second kappa shape index (κ2) is 8.25. The lowest BCUT2D eigenvalue weighted by atomic mass is 9.96. The number of rotatable bonds is 6. The smallest absolute Gasteiger partial charge is 0.264 e. The summed E-state index contributed by atoms with van der Waals surface area (Å²) in [7, 11) is 0. The molecule has 2 aliphatic rings. The van der Waals surface area contributed by atoms with Crippen LogP contribution >= 0.6 is 0 Å². The van der Waals surface area contributed by atoms with Gasteiger partial charge in [0.25, 0.3) is 11.8 Å². The van der Waals surface area contributed by atoms with Gasteiger partial charge in [-0.25, -0.2) is 4.90 Å². The molecule has 6 nitrogen and oxygen atoms in total. The maximum Gasteiger partial charge on any atom is 0.264 e. The summed E-state index contributed by atoms with van der Waals surface area (Å²) in [5, 5.41) is 10.7. The number of nitrogens with zero attached hydrogens (tertiary/aromatic N) is 1. The second-order valence-electron chi connectivity index (χ2n) is 7.76. The Kier molecular flexibility index (Phi) is 5.53. The molecule has 1 fully saturated rings. The van der Waals surface area contributed by atoms with E-state index in [4.69, 9.17) is 9.47 Å². The molecule has 1 aliphatic heterocycles. The first kappa shape index (κ1) is 19.5. The van der Waals surface area contributed by atoms with Crippen LogP contribution in [0.4, 0.5) is 0 Å². The predicted octanol–water partition coefficient (Wildman–Crippen LogP) is 3.78. The largest absolute Gasteiger partial charge is 0.490 e. The number of fused-ring (bicyclic) bond motifs is 1. The van der Waals surface area contributed by atoms with Gasteiger partial charge >= 0.3 is 0 Å². The molecule has 1 N–H and O–H groups in total. The highest BCUT2D eigenvalue weighted by Gasteiger charge is 2.35. The number of imide groups is 1. The first-order valence-corrected chi connectivity index (χ1v) is 10.1. The average molecular weight is 395 g/mol. The van der Waals surface area contributed by atoms with Gasteiger partial charge in [-0.05, 0) is 37.1 Å². The molecule has 0 radical (unpaired) electrons. The van der Waals surface area contributed by atoms with Crippen LogP contribution in [-0.2, 0) is 0 Å². The molecule has 4 rings (SSSR count). The van der Waals surface area contributed by atoms with E-state index in [1.165, 1.54) is 0 Å². The number of carbonyl (C=O) groups excluding carboxylic acids is 2. The SMILES string of the molecule is O=C1c2ccccc2C(=O)N1COc1cccc(OCC2(O)CCCCCC2)c1. The Morgan fingerprint density at radius 2 is 1.41 bits per heavy atom. The molecule has 0 aromatic heterocycles. The lowest BCUT2D eigenvalue weighted by Crippen LogP contribution is -2.35. The Labute approximate surface area is 170 Å². The first-order chi connectivity index (χ1) is 14.1. The minimum absolute atomic E-state index is 0.167. The minimum atomic E-state index is -0.784. The molecule has 2 aromatic rings. The minimum Gasteiger partial charge on any atom is -0.490 e. The van der Waals surface area contributed by atoms with Crippen LogP contribution in [0.15, 0.2) is 48.5 Å². The van der Waals surface area contributed by atoms with Gasteiger partial charge < -0.3 is 14.6 Å². The standard InChI is InChI=1S/C23H25NO5/c25-21-19-10-3-4-11-20(19)22(26)24(21)16-29-18-9-7-8-17(14-18)28-15-23(27)12-5-1-2-6-13-23/h3-4,7-11,14,27H,1-2,5-6,12-13,15-16H2. The van der Waals surface area contributed by atoms with Crippen LogP contribution in [0.25, 0.3) is 0 Å². The summed E-state index contributed by atoms with van der Waals surface area (Å²) in [6.07, 6.45) is 5.85. The van der Waals surface area contributed by atoms with Crippen LogP contribution < -0.4 is 9.47 Å². The molecule has 2 amide bonds. The number of hydrogen-bond acceptors (Lipinski definition) is 5. The third-order valence-electron chi connectivity index (χ3n) is 5.59. The zero-order valence-electron chi connectivity index (χ0n) is 16.3. The summed E-state index contributed by atoms with van der Waals surface area (Å²) >= 11 is 0. The fourth-order valence-electron chi connectivity index (χ4n) is 3.90. The molecule has 1 aliphatic carbocycles. The number of carbonyl (C=O) groups is 2. The second-order valence-corrected chi connectivity index (χ2v) is 7.76. The lowest BCUT2D eigenvalue weighted by Gasteiger charge is -2.26. The Bertz CT molecular complexity index is 867. The van der Waals surface area contributed by atoms with Crippen LogP contribution in [0.3, 0.4) is 0 Å². The van der Waals surface area contributed by atoms with E-state index in [0.29, 0.717) is 22.6 Å². The molecule has 0 spiro atoms. The van der Waals surface area contributed by atoms with Gasteiger partial charge in [-0.1, -0.05) is 43.9 Å². The fraction of sp³-hybridized carbons (Fsp3) is 0.391. The quantitative estimate of drug-likeness (QED) is 0.595. The molecule has 29 heavy (non-hydrogen) atoms. The van der Waals surface area contributed by atoms with E-state index in [2.05, 4.69) is 0 Å². The number of aliphatic hydroxyl groups is 1. The Hall–Kier alpha value is -2.86. The maximum absolute atomic E-state index is 12.4. The van der Waals surface area contributed by atoms with E-state index in [-0.39, 0.29) is 25.2 Å². The van der Waals surface area contributed by atoms with Crippen molar-refractivity contribution in [1.82, 2.24) is 4.90 Å². The zero-order chi connectivity index (χ0) is 20.3. The van der Waals surface area contributed by atoms with E-state index < -0.39 is 5.60 Å². The van der Waals surface area contributed by atoms with Gasteiger partial charge in [0.15, 0.2) is 6.73 Å². The highest BCUT2D eigenvalue weighted by atomic mass is 16.5. The molecule has 0 bridgehead atoms. The van der Waals surface area contributed by atoms with Gasteiger partial charge in [0.2, 0.25) is 0 Å². The van der Waals surface area contributed by atoms with E-state index in [9.17, 15) is 14.7 Å². The molecule has 1 heterocycles. The zero-order valence-corrected chi connectivity index (χ0v) is 16.3. The molecular weight excluding hydrogens is 370 g/mol. The lowest BCUT2D eigenvalue weighted by molar-refractivity contribution is -0.0174. The summed E-state index contributed by atoms with van der Waals surface area (Å²) in [6.45, 7) is 0.0780. The summed E-state index contributed by atoms with van der Waals surface area (Å²) < 4.78 is 11.5. The van der Waals surface area contributed by atoms with Crippen molar-refractivity contribution in [3.8, 4) is 11.5 Å². The summed E-state index contributed by atoms with van der Waals surface area (Å²) in [6, 6.07) is 13.8. The van der Waals surface area contributed by atoms with Gasteiger partial charge in [0.1, 0.15) is 18.1 Å². The highest BCUT2D eigenvalue weighted by Crippen LogP contribution is 2.29. The molecule has 0 unspecified atom stereocenters. The summed E-state index contributed by atoms with van der Waals surface area (Å²) in [5.41, 5.74) is 0.0118. The van der Waals surface area contributed by atoms with Crippen LogP contribution in [0.2, 0.25) is 0 Å². The van der Waals surface area contributed by atoms with Gasteiger partial charge in [-0.15, -0.1) is 0 Å². The van der Waals surface area contributed by atoms with Gasteiger partial charge in [-0.2, -0.15) is 0 Å². The van der Waals surface area contributed by atoms with Crippen molar-refractivity contribution in [1.29, 1.82) is 0 Å². The third kappa shape index (κ3) is 4.27. The molecule has 0 atom stereocenters. The average Bonchev–Trinajstić information content (AvgIpc) is 2.87. The predicted molar refractivity (Wildman–Crippen MR) is 107 cm³/mol.